The van der Waals surface area contributed by atoms with Crippen molar-refractivity contribution < 1.29 is 0 Å². The third-order valence-electron chi connectivity index (χ3n) is 9.10. The number of rotatable bonds is 6. The molecule has 0 fully saturated rings. The van der Waals surface area contributed by atoms with Crippen molar-refractivity contribution in [3.8, 4) is 67.7 Å². The molecule has 0 saturated heterocycles. The van der Waals surface area contributed by atoms with E-state index in [1.165, 1.54) is 5.39 Å². The van der Waals surface area contributed by atoms with Gasteiger partial charge in [-0.05, 0) is 57.3 Å². The predicted octanol–water partition coefficient (Wildman–Crippen LogP) is 11.6. The Labute approximate surface area is 290 Å². The first-order chi connectivity index (χ1) is 24.8. The third-order valence-corrected chi connectivity index (χ3v) is 9.10. The minimum atomic E-state index is 0.634. The van der Waals surface area contributed by atoms with E-state index in [4.69, 9.17) is 19.9 Å². The summed E-state index contributed by atoms with van der Waals surface area (Å²) in [4.78, 5) is 20.0. The van der Waals surface area contributed by atoms with Gasteiger partial charge in [-0.3, -0.25) is 0 Å². The second kappa shape index (κ2) is 12.7. The SMILES string of the molecule is c1ccc(-c2cc(-c3ccccc3)c3c(ccc4ccc(-c5cccc(-c6nc(-c7ccccc7)nc(-c7ccccc7)n6)c5)cc43)n2)cc1. The molecule has 234 valence electrons. The highest BCUT2D eigenvalue weighted by Gasteiger charge is 2.15. The molecule has 2 aromatic heterocycles. The minimum Gasteiger partial charge on any atom is -0.248 e. The van der Waals surface area contributed by atoms with E-state index in [0.29, 0.717) is 17.5 Å². The van der Waals surface area contributed by atoms with Gasteiger partial charge < -0.3 is 0 Å². The Hall–Kier alpha value is -6.78. The molecule has 0 aliphatic heterocycles. The summed E-state index contributed by atoms with van der Waals surface area (Å²) in [7, 11) is 0. The smallest absolute Gasteiger partial charge is 0.164 e. The van der Waals surface area contributed by atoms with Gasteiger partial charge in [-0.2, -0.15) is 0 Å². The molecule has 50 heavy (non-hydrogen) atoms. The van der Waals surface area contributed by atoms with Gasteiger partial charge in [-0.15, -0.1) is 0 Å². The Morgan fingerprint density at radius 3 is 1.40 bits per heavy atom. The summed E-state index contributed by atoms with van der Waals surface area (Å²) in [5, 5.41) is 3.47. The summed E-state index contributed by atoms with van der Waals surface area (Å²) < 4.78 is 0. The lowest BCUT2D eigenvalue weighted by Crippen LogP contribution is -2.00. The molecule has 0 aliphatic carbocycles. The normalized spacial score (nSPS) is 11.2. The molecule has 7 aromatic carbocycles. The van der Waals surface area contributed by atoms with Crippen LogP contribution < -0.4 is 0 Å². The number of benzene rings is 7. The summed E-state index contributed by atoms with van der Waals surface area (Å²) in [6, 6.07) is 62.9. The van der Waals surface area contributed by atoms with E-state index in [0.717, 1.165) is 66.5 Å². The van der Waals surface area contributed by atoms with Gasteiger partial charge in [0.15, 0.2) is 17.5 Å². The van der Waals surface area contributed by atoms with E-state index < -0.39 is 0 Å². The number of pyridine rings is 1. The van der Waals surface area contributed by atoms with Gasteiger partial charge in [0.1, 0.15) is 0 Å². The molecule has 0 amide bonds. The van der Waals surface area contributed by atoms with Crippen LogP contribution in [0.25, 0.3) is 89.4 Å². The van der Waals surface area contributed by atoms with Gasteiger partial charge in [-0.25, -0.2) is 19.9 Å². The fourth-order valence-corrected chi connectivity index (χ4v) is 6.61. The van der Waals surface area contributed by atoms with Crippen LogP contribution in [0.1, 0.15) is 0 Å². The molecule has 0 atom stereocenters. The molecular weight excluding hydrogens is 609 g/mol. The molecule has 2 heterocycles. The van der Waals surface area contributed by atoms with Crippen LogP contribution in [0.4, 0.5) is 0 Å². The number of fused-ring (bicyclic) bond motifs is 3. The first kappa shape index (κ1) is 29.4. The van der Waals surface area contributed by atoms with Gasteiger partial charge in [0.05, 0.1) is 11.2 Å². The first-order valence-electron chi connectivity index (χ1n) is 16.7. The number of hydrogen-bond donors (Lipinski definition) is 0. The quantitative estimate of drug-likeness (QED) is 0.170. The van der Waals surface area contributed by atoms with Crippen LogP contribution in [0.15, 0.2) is 182 Å². The monoisotopic (exact) mass is 638 g/mol. The maximum Gasteiger partial charge on any atom is 0.164 e. The summed E-state index contributed by atoms with van der Waals surface area (Å²) in [6.07, 6.45) is 0. The highest BCUT2D eigenvalue weighted by molar-refractivity contribution is 6.14. The van der Waals surface area contributed by atoms with E-state index in [9.17, 15) is 0 Å². The summed E-state index contributed by atoms with van der Waals surface area (Å²) in [5.41, 5.74) is 10.4. The van der Waals surface area contributed by atoms with Gasteiger partial charge in [0.25, 0.3) is 0 Å². The molecule has 0 bridgehead atoms. The number of aromatic nitrogens is 4. The minimum absolute atomic E-state index is 0.634. The van der Waals surface area contributed by atoms with Crippen LogP contribution in [0.3, 0.4) is 0 Å². The molecule has 0 spiro atoms. The van der Waals surface area contributed by atoms with E-state index in [-0.39, 0.29) is 0 Å². The average molecular weight is 639 g/mol. The average Bonchev–Trinajstić information content (AvgIpc) is 3.21. The topological polar surface area (TPSA) is 51.6 Å². The van der Waals surface area contributed by atoms with Gasteiger partial charge in [-0.1, -0.05) is 158 Å². The molecule has 9 aromatic rings. The Kier molecular flexibility index (Phi) is 7.45. The van der Waals surface area contributed by atoms with Gasteiger partial charge in [0.2, 0.25) is 0 Å². The summed E-state index contributed by atoms with van der Waals surface area (Å²) >= 11 is 0. The van der Waals surface area contributed by atoms with Crippen LogP contribution in [0.2, 0.25) is 0 Å². The first-order valence-corrected chi connectivity index (χ1v) is 16.7. The molecule has 0 N–H and O–H groups in total. The van der Waals surface area contributed by atoms with Crippen LogP contribution >= 0.6 is 0 Å². The lowest BCUT2D eigenvalue weighted by Gasteiger charge is -2.14. The van der Waals surface area contributed by atoms with E-state index in [2.05, 4.69) is 115 Å². The number of nitrogens with zero attached hydrogens (tertiary/aromatic N) is 4. The Morgan fingerprint density at radius 1 is 0.300 bits per heavy atom. The molecule has 0 saturated carbocycles. The van der Waals surface area contributed by atoms with Crippen molar-refractivity contribution in [3.05, 3.63) is 182 Å². The Bertz CT molecular complexity index is 2560. The zero-order chi connectivity index (χ0) is 33.3. The van der Waals surface area contributed by atoms with Crippen LogP contribution in [0, 0.1) is 0 Å². The summed E-state index contributed by atoms with van der Waals surface area (Å²) in [6.45, 7) is 0. The predicted molar refractivity (Wildman–Crippen MR) is 205 cm³/mol. The van der Waals surface area contributed by atoms with Crippen LogP contribution in [-0.2, 0) is 0 Å². The summed E-state index contributed by atoms with van der Waals surface area (Å²) in [5.74, 6) is 1.93. The fraction of sp³-hybridized carbons (Fsp3) is 0. The van der Waals surface area contributed by atoms with Crippen molar-refractivity contribution in [2.75, 3.05) is 0 Å². The van der Waals surface area contributed by atoms with Crippen molar-refractivity contribution >= 4 is 21.7 Å². The van der Waals surface area contributed by atoms with Crippen molar-refractivity contribution in [3.63, 3.8) is 0 Å². The molecular formula is C46H30N4. The molecule has 0 aliphatic rings. The molecule has 9 rings (SSSR count). The van der Waals surface area contributed by atoms with Gasteiger partial charge in [0, 0.05) is 27.6 Å². The lowest BCUT2D eigenvalue weighted by molar-refractivity contribution is 1.07. The van der Waals surface area contributed by atoms with Crippen molar-refractivity contribution in [1.82, 2.24) is 19.9 Å². The highest BCUT2D eigenvalue weighted by Crippen LogP contribution is 2.38. The zero-order valence-electron chi connectivity index (χ0n) is 27.1. The second-order valence-corrected chi connectivity index (χ2v) is 12.3. The maximum absolute atomic E-state index is 5.18. The molecule has 4 heteroatoms. The molecule has 4 nitrogen and oxygen atoms in total. The molecule has 0 unspecified atom stereocenters. The largest absolute Gasteiger partial charge is 0.248 e. The number of hydrogen-bond acceptors (Lipinski definition) is 4. The zero-order valence-corrected chi connectivity index (χ0v) is 27.1. The Morgan fingerprint density at radius 2 is 0.780 bits per heavy atom. The van der Waals surface area contributed by atoms with Crippen molar-refractivity contribution in [2.45, 2.75) is 0 Å². The standard InChI is InChI=1S/C46H30N4/c1-5-14-31(15-6-1)40-30-42(33-16-7-2-8-17-33)47-41-27-26-32-24-25-37(29-39(32)43(40)41)36-22-13-23-38(28-36)46-49-44(34-18-9-3-10-19-34)48-45(50-46)35-20-11-4-12-21-35/h1-30H. The van der Waals surface area contributed by atoms with Crippen LogP contribution in [0.5, 0.6) is 0 Å². The van der Waals surface area contributed by atoms with Crippen LogP contribution in [-0.4, -0.2) is 19.9 Å². The lowest BCUT2D eigenvalue weighted by atomic mass is 9.92. The van der Waals surface area contributed by atoms with E-state index in [1.807, 2.05) is 66.7 Å². The van der Waals surface area contributed by atoms with E-state index >= 15 is 0 Å². The fourth-order valence-electron chi connectivity index (χ4n) is 6.61. The van der Waals surface area contributed by atoms with E-state index in [1.54, 1.807) is 0 Å². The Balaban J connectivity index is 1.20. The highest BCUT2D eigenvalue weighted by atomic mass is 15.0. The van der Waals surface area contributed by atoms with Crippen molar-refractivity contribution in [2.24, 2.45) is 0 Å². The van der Waals surface area contributed by atoms with Gasteiger partial charge >= 0.3 is 0 Å². The maximum atomic E-state index is 5.18. The third kappa shape index (κ3) is 5.59. The van der Waals surface area contributed by atoms with Crippen molar-refractivity contribution in [1.29, 1.82) is 0 Å². The second-order valence-electron chi connectivity index (χ2n) is 12.3. The molecule has 0 radical (unpaired) electrons.